The van der Waals surface area contributed by atoms with E-state index in [-0.39, 0.29) is 13.0 Å². The Morgan fingerprint density at radius 2 is 2.00 bits per heavy atom. The summed E-state index contributed by atoms with van der Waals surface area (Å²) in [5.74, 6) is -0.617. The van der Waals surface area contributed by atoms with Gasteiger partial charge in [-0.15, -0.1) is 0 Å². The van der Waals surface area contributed by atoms with Crippen molar-refractivity contribution in [3.05, 3.63) is 54.3 Å². The molecule has 0 bridgehead atoms. The van der Waals surface area contributed by atoms with Crippen LogP contribution in [-0.2, 0) is 14.8 Å². The van der Waals surface area contributed by atoms with Crippen LogP contribution in [0.25, 0.3) is 0 Å². The van der Waals surface area contributed by atoms with Gasteiger partial charge in [-0.1, -0.05) is 18.2 Å². The smallest absolute Gasteiger partial charge is 0.265 e. The van der Waals surface area contributed by atoms with Gasteiger partial charge in [0.05, 0.1) is 11.9 Å². The number of fused-ring (bicyclic) bond motifs is 1. The molecule has 6 nitrogen and oxygen atoms in total. The van der Waals surface area contributed by atoms with Gasteiger partial charge < -0.3 is 10.1 Å². The van der Waals surface area contributed by atoms with E-state index in [2.05, 4.69) is 5.32 Å². The zero-order valence-electron chi connectivity index (χ0n) is 13.5. The summed E-state index contributed by atoms with van der Waals surface area (Å²) >= 11 is 0. The molecule has 0 fully saturated rings. The van der Waals surface area contributed by atoms with Crippen molar-refractivity contribution in [1.82, 2.24) is 0 Å². The molecule has 1 aliphatic rings. The largest absolute Gasteiger partial charge is 0.478 e. The highest BCUT2D eigenvalue weighted by Crippen LogP contribution is 2.34. The van der Waals surface area contributed by atoms with Crippen LogP contribution in [0.2, 0.25) is 0 Å². The third kappa shape index (κ3) is 3.90. The quantitative estimate of drug-likeness (QED) is 0.907. The predicted octanol–water partition coefficient (Wildman–Crippen LogP) is 2.38. The van der Waals surface area contributed by atoms with Crippen LogP contribution in [0.3, 0.4) is 0 Å². The molecule has 1 aliphatic heterocycles. The standard InChI is InChI=1S/C17H17FN2O4S/c1-25(22,23)20-10-9-16(24-15-8-3-2-7-14(15)20)17(21)19-13-6-4-5-12(18)11-13/h2-8,11,16H,9-10H2,1H3,(H,19,21)/t16-/m0/s1. The number of carbonyl (C=O) groups excluding carboxylic acids is 1. The number of para-hydroxylation sites is 2. The Morgan fingerprint density at radius 3 is 2.72 bits per heavy atom. The summed E-state index contributed by atoms with van der Waals surface area (Å²) in [6.45, 7) is 0.108. The van der Waals surface area contributed by atoms with E-state index in [1.807, 2.05) is 0 Å². The van der Waals surface area contributed by atoms with Gasteiger partial charge in [-0.25, -0.2) is 12.8 Å². The number of hydrogen-bond donors (Lipinski definition) is 1. The molecule has 2 aromatic carbocycles. The van der Waals surface area contributed by atoms with Crippen LogP contribution in [0.5, 0.6) is 5.75 Å². The molecule has 0 unspecified atom stereocenters. The molecule has 0 aliphatic carbocycles. The molecule has 0 aromatic heterocycles. The van der Waals surface area contributed by atoms with Gasteiger partial charge in [-0.2, -0.15) is 0 Å². The number of ether oxygens (including phenoxy) is 1. The number of carbonyl (C=O) groups is 1. The first-order valence-electron chi connectivity index (χ1n) is 7.64. The summed E-state index contributed by atoms with van der Waals surface area (Å²) in [7, 11) is -3.50. The second kappa shape index (κ2) is 6.72. The highest BCUT2D eigenvalue weighted by Gasteiger charge is 2.31. The average Bonchev–Trinajstić information content (AvgIpc) is 2.74. The number of anilines is 2. The van der Waals surface area contributed by atoms with E-state index >= 15 is 0 Å². The molecule has 0 spiro atoms. The molecule has 1 atom stereocenters. The number of rotatable bonds is 3. The number of hydrogen-bond acceptors (Lipinski definition) is 4. The molecule has 1 amide bonds. The first-order chi connectivity index (χ1) is 11.8. The Morgan fingerprint density at radius 1 is 1.24 bits per heavy atom. The summed E-state index contributed by atoms with van der Waals surface area (Å²) in [6.07, 6.45) is 0.385. The Bertz CT molecular complexity index is 901. The molecule has 8 heteroatoms. The van der Waals surface area contributed by atoms with E-state index in [9.17, 15) is 17.6 Å². The van der Waals surface area contributed by atoms with E-state index in [4.69, 9.17) is 4.74 Å². The fourth-order valence-electron chi connectivity index (χ4n) is 2.65. The lowest BCUT2D eigenvalue weighted by Crippen LogP contribution is -2.35. The van der Waals surface area contributed by atoms with Gasteiger partial charge in [0.1, 0.15) is 11.6 Å². The Kier molecular flexibility index (Phi) is 4.63. The molecule has 1 N–H and O–H groups in total. The first kappa shape index (κ1) is 17.2. The number of benzene rings is 2. The zero-order chi connectivity index (χ0) is 18.0. The molecule has 3 rings (SSSR count). The minimum Gasteiger partial charge on any atom is -0.478 e. The van der Waals surface area contributed by atoms with Gasteiger partial charge >= 0.3 is 0 Å². The van der Waals surface area contributed by atoms with Gasteiger partial charge in [0.2, 0.25) is 10.0 Å². The molecular weight excluding hydrogens is 347 g/mol. The fraction of sp³-hybridized carbons (Fsp3) is 0.235. The van der Waals surface area contributed by atoms with Crippen molar-refractivity contribution in [1.29, 1.82) is 0 Å². The van der Waals surface area contributed by atoms with Crippen molar-refractivity contribution >= 4 is 27.3 Å². The molecule has 0 saturated carbocycles. The summed E-state index contributed by atoms with van der Waals surface area (Å²) in [5, 5.41) is 2.59. The zero-order valence-corrected chi connectivity index (χ0v) is 14.3. The maximum Gasteiger partial charge on any atom is 0.265 e. The third-order valence-electron chi connectivity index (χ3n) is 3.78. The number of nitrogens with one attached hydrogen (secondary N) is 1. The van der Waals surface area contributed by atoms with Crippen molar-refractivity contribution in [3.63, 3.8) is 0 Å². The van der Waals surface area contributed by atoms with Crippen LogP contribution in [0.1, 0.15) is 6.42 Å². The van der Waals surface area contributed by atoms with Crippen LogP contribution in [0.15, 0.2) is 48.5 Å². The van der Waals surface area contributed by atoms with Crippen molar-refractivity contribution in [2.75, 3.05) is 22.4 Å². The molecule has 0 radical (unpaired) electrons. The first-order valence-corrected chi connectivity index (χ1v) is 9.49. The Hall–Kier alpha value is -2.61. The lowest BCUT2D eigenvalue weighted by molar-refractivity contribution is -0.122. The highest BCUT2D eigenvalue weighted by atomic mass is 32.2. The van der Waals surface area contributed by atoms with Gasteiger partial charge in [0.25, 0.3) is 5.91 Å². The van der Waals surface area contributed by atoms with Gasteiger partial charge in [-0.05, 0) is 30.3 Å². The number of sulfonamides is 1. The van der Waals surface area contributed by atoms with Gasteiger partial charge in [-0.3, -0.25) is 9.10 Å². The lowest BCUT2D eigenvalue weighted by Gasteiger charge is -2.20. The minimum atomic E-state index is -3.50. The molecule has 2 aromatic rings. The SMILES string of the molecule is CS(=O)(=O)N1CC[C@@H](C(=O)Nc2cccc(F)c2)Oc2ccccc21. The fourth-order valence-corrected chi connectivity index (χ4v) is 3.59. The maximum absolute atomic E-state index is 13.2. The molecule has 25 heavy (non-hydrogen) atoms. The third-order valence-corrected chi connectivity index (χ3v) is 4.96. The minimum absolute atomic E-state index is 0.108. The maximum atomic E-state index is 13.2. The van der Waals surface area contributed by atoms with Crippen LogP contribution in [0.4, 0.5) is 15.8 Å². The van der Waals surface area contributed by atoms with E-state index in [1.165, 1.54) is 22.5 Å². The monoisotopic (exact) mass is 364 g/mol. The van der Waals surface area contributed by atoms with E-state index in [0.717, 1.165) is 6.26 Å². The van der Waals surface area contributed by atoms with Crippen LogP contribution in [0, 0.1) is 5.82 Å². The van der Waals surface area contributed by atoms with Crippen LogP contribution >= 0.6 is 0 Å². The Balaban J connectivity index is 1.85. The molecule has 0 saturated heterocycles. The molecule has 1 heterocycles. The Labute approximate surface area is 145 Å². The average molecular weight is 364 g/mol. The highest BCUT2D eigenvalue weighted by molar-refractivity contribution is 7.92. The summed E-state index contributed by atoms with van der Waals surface area (Å²) < 4.78 is 44.3. The number of halogens is 1. The van der Waals surface area contributed by atoms with Gasteiger partial charge in [0.15, 0.2) is 6.10 Å². The molecular formula is C17H17FN2O4S. The number of amides is 1. The topological polar surface area (TPSA) is 75.7 Å². The second-order valence-corrected chi connectivity index (χ2v) is 7.60. The van der Waals surface area contributed by atoms with Crippen molar-refractivity contribution in [2.45, 2.75) is 12.5 Å². The predicted molar refractivity (Wildman–Crippen MR) is 92.7 cm³/mol. The van der Waals surface area contributed by atoms with Crippen molar-refractivity contribution < 1.29 is 22.3 Å². The molecule has 132 valence electrons. The van der Waals surface area contributed by atoms with E-state index in [1.54, 1.807) is 30.3 Å². The second-order valence-electron chi connectivity index (χ2n) is 5.70. The summed E-state index contributed by atoms with van der Waals surface area (Å²) in [4.78, 5) is 12.5. The van der Waals surface area contributed by atoms with Crippen LogP contribution < -0.4 is 14.4 Å². The normalized spacial score (nSPS) is 17.2. The number of nitrogens with zero attached hydrogens (tertiary/aromatic N) is 1. The van der Waals surface area contributed by atoms with Gasteiger partial charge in [0, 0.05) is 18.7 Å². The summed E-state index contributed by atoms with van der Waals surface area (Å²) in [6, 6.07) is 12.2. The van der Waals surface area contributed by atoms with Crippen molar-refractivity contribution in [2.24, 2.45) is 0 Å². The van der Waals surface area contributed by atoms with Crippen molar-refractivity contribution in [3.8, 4) is 5.75 Å². The van der Waals surface area contributed by atoms with E-state index in [0.29, 0.717) is 17.1 Å². The lowest BCUT2D eigenvalue weighted by atomic mass is 10.2. The summed E-state index contributed by atoms with van der Waals surface area (Å²) in [5.41, 5.74) is 0.706. The van der Waals surface area contributed by atoms with Crippen LogP contribution in [-0.4, -0.2) is 33.2 Å². The van der Waals surface area contributed by atoms with E-state index < -0.39 is 27.9 Å².